The normalized spacial score (nSPS) is 12.2. The van der Waals surface area contributed by atoms with Crippen molar-refractivity contribution in [1.29, 1.82) is 0 Å². The van der Waals surface area contributed by atoms with Crippen molar-refractivity contribution in [3.05, 3.63) is 94.4 Å². The molecule has 0 aliphatic heterocycles. The molecule has 0 bridgehead atoms. The second kappa shape index (κ2) is 10.0. The van der Waals surface area contributed by atoms with Gasteiger partial charge in [0.1, 0.15) is 11.6 Å². The first kappa shape index (κ1) is 27.8. The Morgan fingerprint density at radius 1 is 0.950 bits per heavy atom. The lowest BCUT2D eigenvalue weighted by Crippen LogP contribution is -2.09. The van der Waals surface area contributed by atoms with Gasteiger partial charge >= 0.3 is 6.18 Å². The predicted octanol–water partition coefficient (Wildman–Crippen LogP) is 6.96. The lowest BCUT2D eigenvalue weighted by atomic mass is 10.0. The molecule has 206 valence electrons. The summed E-state index contributed by atoms with van der Waals surface area (Å²) in [6, 6.07) is 12.7. The average molecular weight is 610 g/mol. The van der Waals surface area contributed by atoms with Crippen LogP contribution in [0, 0.1) is 12.7 Å². The number of imidazole rings is 1. The molecule has 0 aliphatic rings. The molecule has 0 saturated heterocycles. The molecule has 5 aromatic rings. The third-order valence-corrected chi connectivity index (χ3v) is 7.71. The van der Waals surface area contributed by atoms with E-state index in [2.05, 4.69) is 15.3 Å². The van der Waals surface area contributed by atoms with Crippen LogP contribution in [0.4, 0.5) is 17.6 Å². The topological polar surface area (TPSA) is 82.7 Å². The second-order valence-corrected chi connectivity index (χ2v) is 11.7. The Bertz CT molecular complexity index is 1880. The fourth-order valence-corrected chi connectivity index (χ4v) is 5.35. The van der Waals surface area contributed by atoms with Gasteiger partial charge in [-0.3, -0.25) is 0 Å². The van der Waals surface area contributed by atoms with Gasteiger partial charge in [-0.25, -0.2) is 22.5 Å². The molecule has 2 heterocycles. The van der Waals surface area contributed by atoms with Gasteiger partial charge in [-0.05, 0) is 48.9 Å². The van der Waals surface area contributed by atoms with E-state index in [1.807, 2.05) is 0 Å². The molecule has 0 aliphatic carbocycles. The number of nitrogens with zero attached hydrogens (tertiary/aromatic N) is 5. The molecule has 7 nitrogen and oxygen atoms in total. The van der Waals surface area contributed by atoms with Gasteiger partial charge in [-0.2, -0.15) is 13.2 Å². The fourth-order valence-electron chi connectivity index (χ4n) is 4.18. The zero-order valence-electron chi connectivity index (χ0n) is 20.6. The fraction of sp³-hybridized carbons (Fsp3) is 0.115. The van der Waals surface area contributed by atoms with Gasteiger partial charge in [0, 0.05) is 34.7 Å². The lowest BCUT2D eigenvalue weighted by Gasteiger charge is -2.17. The predicted molar refractivity (Wildman–Crippen MR) is 142 cm³/mol. The average Bonchev–Trinajstić information content (AvgIpc) is 3.50. The molecule has 14 heteroatoms. The Morgan fingerprint density at radius 3 is 2.35 bits per heavy atom. The summed E-state index contributed by atoms with van der Waals surface area (Å²) in [5, 5.41) is 8.70. The maximum absolute atomic E-state index is 15.7. The minimum absolute atomic E-state index is 0.0262. The first-order chi connectivity index (χ1) is 18.7. The standard InChI is InChI=1S/C26H17Cl2F4N5O2S/c1-14-34-25(26(30,31)32)13-36(14)22-11-21(29)19(15-4-3-5-17(8-15)40(2,38)39)10-23(22)37-24(12-33-35-37)18-7-6-16(27)9-20(18)28/h3-13H,1-2H3. The molecule has 2 aromatic heterocycles. The zero-order valence-corrected chi connectivity index (χ0v) is 22.9. The summed E-state index contributed by atoms with van der Waals surface area (Å²) in [7, 11) is -3.61. The van der Waals surface area contributed by atoms with E-state index in [0.29, 0.717) is 16.3 Å². The lowest BCUT2D eigenvalue weighted by molar-refractivity contribution is -0.141. The molecule has 0 fully saturated rings. The van der Waals surface area contributed by atoms with E-state index in [1.165, 1.54) is 54.2 Å². The quantitative estimate of drug-likeness (QED) is 0.201. The Kier molecular flexibility index (Phi) is 6.97. The largest absolute Gasteiger partial charge is 0.434 e. The SMILES string of the molecule is Cc1nc(C(F)(F)F)cn1-c1cc(F)c(-c2cccc(S(C)(=O)=O)c2)cc1-n1nncc1-c1ccc(Cl)cc1Cl. The third kappa shape index (κ3) is 5.21. The van der Waals surface area contributed by atoms with Crippen LogP contribution in [-0.2, 0) is 16.0 Å². The van der Waals surface area contributed by atoms with E-state index in [-0.39, 0.29) is 38.2 Å². The molecule has 0 radical (unpaired) electrons. The van der Waals surface area contributed by atoms with Crippen LogP contribution in [0.5, 0.6) is 0 Å². The maximum atomic E-state index is 15.7. The van der Waals surface area contributed by atoms with E-state index in [9.17, 15) is 21.6 Å². The molecule has 0 atom stereocenters. The van der Waals surface area contributed by atoms with Crippen LogP contribution in [0.3, 0.4) is 0 Å². The number of aromatic nitrogens is 5. The first-order valence-electron chi connectivity index (χ1n) is 11.4. The van der Waals surface area contributed by atoms with Crippen LogP contribution < -0.4 is 0 Å². The van der Waals surface area contributed by atoms with Crippen molar-refractivity contribution in [3.63, 3.8) is 0 Å². The highest BCUT2D eigenvalue weighted by Gasteiger charge is 2.35. The van der Waals surface area contributed by atoms with Crippen LogP contribution in [0.15, 0.2) is 71.9 Å². The highest BCUT2D eigenvalue weighted by molar-refractivity contribution is 7.90. The van der Waals surface area contributed by atoms with E-state index in [4.69, 9.17) is 23.2 Å². The highest BCUT2D eigenvalue weighted by Crippen LogP contribution is 2.37. The molecule has 0 amide bonds. The minimum atomic E-state index is -4.74. The van der Waals surface area contributed by atoms with Crippen molar-refractivity contribution in [2.24, 2.45) is 0 Å². The second-order valence-electron chi connectivity index (χ2n) is 8.82. The van der Waals surface area contributed by atoms with E-state index in [1.54, 1.807) is 12.1 Å². The van der Waals surface area contributed by atoms with Crippen LogP contribution in [-0.4, -0.2) is 39.2 Å². The van der Waals surface area contributed by atoms with Gasteiger partial charge < -0.3 is 4.57 Å². The molecule has 40 heavy (non-hydrogen) atoms. The van der Waals surface area contributed by atoms with E-state index < -0.39 is 27.5 Å². The van der Waals surface area contributed by atoms with Crippen LogP contribution >= 0.6 is 23.2 Å². The minimum Gasteiger partial charge on any atom is -0.301 e. The summed E-state index contributed by atoms with van der Waals surface area (Å²) in [6.07, 6.45) is -1.58. The maximum Gasteiger partial charge on any atom is 0.434 e. The molecule has 5 rings (SSSR count). The van der Waals surface area contributed by atoms with Gasteiger partial charge in [-0.15, -0.1) is 5.10 Å². The van der Waals surface area contributed by atoms with Gasteiger partial charge in [0.05, 0.1) is 33.2 Å². The number of halogens is 6. The van der Waals surface area contributed by atoms with Crippen molar-refractivity contribution in [3.8, 4) is 33.8 Å². The van der Waals surface area contributed by atoms with E-state index >= 15 is 4.39 Å². The summed E-state index contributed by atoms with van der Waals surface area (Å²) in [5.41, 5.74) is -0.100. The number of aryl methyl sites for hydroxylation is 1. The Labute approximate surface area is 235 Å². The number of hydrogen-bond donors (Lipinski definition) is 0. The summed E-state index contributed by atoms with van der Waals surface area (Å²) < 4.78 is 82.8. The molecular formula is C26H17Cl2F4N5O2S. The third-order valence-electron chi connectivity index (χ3n) is 6.05. The molecule has 0 unspecified atom stereocenters. The van der Waals surface area contributed by atoms with Crippen molar-refractivity contribution in [2.45, 2.75) is 18.0 Å². The van der Waals surface area contributed by atoms with Gasteiger partial charge in [0.2, 0.25) is 0 Å². The van der Waals surface area contributed by atoms with Crippen molar-refractivity contribution in [1.82, 2.24) is 24.5 Å². The van der Waals surface area contributed by atoms with Crippen LogP contribution in [0.1, 0.15) is 11.5 Å². The van der Waals surface area contributed by atoms with Gasteiger partial charge in [0.15, 0.2) is 15.5 Å². The van der Waals surface area contributed by atoms with Crippen molar-refractivity contribution >= 4 is 33.0 Å². The Morgan fingerprint density at radius 2 is 1.70 bits per heavy atom. The number of benzene rings is 3. The Balaban J connectivity index is 1.81. The summed E-state index contributed by atoms with van der Waals surface area (Å²) in [5.74, 6) is -0.886. The zero-order chi connectivity index (χ0) is 29.0. The van der Waals surface area contributed by atoms with Crippen LogP contribution in [0.25, 0.3) is 33.8 Å². The summed E-state index contributed by atoms with van der Waals surface area (Å²) in [4.78, 5) is 3.56. The Hall–Kier alpha value is -3.74. The molecule has 0 N–H and O–H groups in total. The van der Waals surface area contributed by atoms with Gasteiger partial charge in [-0.1, -0.05) is 40.5 Å². The number of rotatable bonds is 5. The van der Waals surface area contributed by atoms with Crippen molar-refractivity contribution in [2.75, 3.05) is 6.26 Å². The smallest absolute Gasteiger partial charge is 0.301 e. The molecule has 3 aromatic carbocycles. The first-order valence-corrected chi connectivity index (χ1v) is 14.0. The van der Waals surface area contributed by atoms with E-state index in [0.717, 1.165) is 23.1 Å². The number of hydrogen-bond acceptors (Lipinski definition) is 5. The monoisotopic (exact) mass is 609 g/mol. The molecule has 0 saturated carbocycles. The van der Waals surface area contributed by atoms with Gasteiger partial charge in [0.25, 0.3) is 0 Å². The molecule has 0 spiro atoms. The van der Waals surface area contributed by atoms with Crippen molar-refractivity contribution < 1.29 is 26.0 Å². The van der Waals surface area contributed by atoms with Crippen LogP contribution in [0.2, 0.25) is 10.0 Å². The molecular weight excluding hydrogens is 593 g/mol. The number of alkyl halides is 3. The summed E-state index contributed by atoms with van der Waals surface area (Å²) >= 11 is 12.5. The summed E-state index contributed by atoms with van der Waals surface area (Å²) in [6.45, 7) is 1.35. The highest BCUT2D eigenvalue weighted by atomic mass is 35.5. The number of sulfone groups is 1.